The predicted molar refractivity (Wildman–Crippen MR) is 93.3 cm³/mol. The molecule has 28 heavy (non-hydrogen) atoms. The van der Waals surface area contributed by atoms with Gasteiger partial charge in [-0.25, -0.2) is 9.97 Å². The van der Waals surface area contributed by atoms with Crippen molar-refractivity contribution in [3.05, 3.63) is 78.2 Å². The number of imidazole rings is 1. The quantitative estimate of drug-likeness (QED) is 0.577. The van der Waals surface area contributed by atoms with Crippen molar-refractivity contribution >= 4 is 11.6 Å². The normalized spacial score (nSPS) is 11.7. The highest BCUT2D eigenvalue weighted by atomic mass is 19.4. The Balaban J connectivity index is 1.75. The van der Waals surface area contributed by atoms with Gasteiger partial charge in [-0.05, 0) is 11.6 Å². The van der Waals surface area contributed by atoms with Crippen molar-refractivity contribution in [2.75, 3.05) is 0 Å². The molecule has 142 valence electrons. The summed E-state index contributed by atoms with van der Waals surface area (Å²) in [6.45, 7) is 0.237. The molecule has 3 aromatic heterocycles. The number of carbonyl (C=O) groups excluding carboxylic acids is 1. The van der Waals surface area contributed by atoms with Crippen molar-refractivity contribution < 1.29 is 22.4 Å². The van der Waals surface area contributed by atoms with Crippen LogP contribution in [0.3, 0.4) is 0 Å². The zero-order chi connectivity index (χ0) is 19.7. The van der Waals surface area contributed by atoms with Gasteiger partial charge in [0.15, 0.2) is 12.2 Å². The van der Waals surface area contributed by atoms with Crippen LogP contribution in [0, 0.1) is 0 Å². The van der Waals surface area contributed by atoms with E-state index in [1.807, 2.05) is 30.3 Å². The molecule has 0 aliphatic heterocycles. The minimum absolute atomic E-state index is 0.0159. The Morgan fingerprint density at radius 1 is 1.18 bits per heavy atom. The molecule has 0 radical (unpaired) electrons. The van der Waals surface area contributed by atoms with Crippen molar-refractivity contribution in [2.24, 2.45) is 0 Å². The maximum absolute atomic E-state index is 13.4. The van der Waals surface area contributed by atoms with Gasteiger partial charge in [-0.1, -0.05) is 30.3 Å². The predicted octanol–water partition coefficient (Wildman–Crippen LogP) is 3.94. The maximum Gasteiger partial charge on any atom is 0.417 e. The lowest BCUT2D eigenvalue weighted by atomic mass is 10.1. The molecule has 0 atom stereocenters. The smallest absolute Gasteiger partial charge is 0.417 e. The first kappa shape index (κ1) is 17.8. The molecule has 3 heterocycles. The highest BCUT2D eigenvalue weighted by molar-refractivity contribution is 5.94. The van der Waals surface area contributed by atoms with Crippen LogP contribution < -0.4 is 5.32 Å². The van der Waals surface area contributed by atoms with Crippen molar-refractivity contribution in [3.63, 3.8) is 0 Å². The van der Waals surface area contributed by atoms with Crippen LogP contribution in [0.5, 0.6) is 0 Å². The lowest BCUT2D eigenvalue weighted by Gasteiger charge is -2.11. The zero-order valence-electron chi connectivity index (χ0n) is 14.3. The fourth-order valence-corrected chi connectivity index (χ4v) is 2.81. The fraction of sp³-hybridized carbons (Fsp3) is 0.105. The number of pyridine rings is 1. The molecule has 0 fully saturated rings. The summed E-state index contributed by atoms with van der Waals surface area (Å²) in [5.41, 5.74) is 0.173. The van der Waals surface area contributed by atoms with Crippen LogP contribution in [0.4, 0.5) is 13.2 Å². The Morgan fingerprint density at radius 2 is 1.96 bits per heavy atom. The van der Waals surface area contributed by atoms with Crippen LogP contribution in [0.2, 0.25) is 0 Å². The summed E-state index contributed by atoms with van der Waals surface area (Å²) in [6.07, 6.45) is -0.123. The van der Waals surface area contributed by atoms with E-state index in [1.165, 1.54) is 12.4 Å². The van der Waals surface area contributed by atoms with E-state index < -0.39 is 17.6 Å². The molecule has 1 N–H and O–H groups in total. The monoisotopic (exact) mass is 386 g/mol. The number of carbonyl (C=O) groups is 1. The van der Waals surface area contributed by atoms with Gasteiger partial charge in [0.25, 0.3) is 5.91 Å². The molecule has 0 bridgehead atoms. The minimum Gasteiger partial charge on any atom is -0.443 e. The summed E-state index contributed by atoms with van der Waals surface area (Å²) in [5.74, 6) is -0.419. The first-order valence-electron chi connectivity index (χ1n) is 8.23. The third-order valence-electron chi connectivity index (χ3n) is 4.16. The molecule has 0 aliphatic carbocycles. The average Bonchev–Trinajstić information content (AvgIpc) is 3.35. The third-order valence-corrected chi connectivity index (χ3v) is 4.16. The van der Waals surface area contributed by atoms with Crippen LogP contribution >= 0.6 is 0 Å². The Labute approximate surface area is 156 Å². The number of fused-ring (bicyclic) bond motifs is 1. The second kappa shape index (κ2) is 6.84. The molecule has 0 unspecified atom stereocenters. The van der Waals surface area contributed by atoms with Gasteiger partial charge in [0.05, 0.1) is 23.5 Å². The van der Waals surface area contributed by atoms with Crippen LogP contribution in [-0.2, 0) is 12.7 Å². The Morgan fingerprint density at radius 3 is 2.64 bits per heavy atom. The van der Waals surface area contributed by atoms with Gasteiger partial charge in [-0.3, -0.25) is 9.20 Å². The van der Waals surface area contributed by atoms with E-state index in [4.69, 9.17) is 4.42 Å². The molecular formula is C19H13F3N4O2. The number of nitrogens with zero attached hydrogens (tertiary/aromatic N) is 3. The van der Waals surface area contributed by atoms with Gasteiger partial charge in [-0.15, -0.1) is 0 Å². The number of rotatable bonds is 4. The van der Waals surface area contributed by atoms with Gasteiger partial charge in [0, 0.05) is 12.7 Å². The average molecular weight is 386 g/mol. The summed E-state index contributed by atoms with van der Waals surface area (Å²) >= 11 is 0. The van der Waals surface area contributed by atoms with Crippen molar-refractivity contribution in [1.29, 1.82) is 0 Å². The number of hydrogen-bond donors (Lipinski definition) is 1. The van der Waals surface area contributed by atoms with Crippen LogP contribution in [0.15, 0.2) is 65.8 Å². The van der Waals surface area contributed by atoms with E-state index in [0.717, 1.165) is 28.6 Å². The fourth-order valence-electron chi connectivity index (χ4n) is 2.81. The number of amides is 1. The number of aromatic nitrogens is 3. The molecule has 4 aromatic rings. The standard InChI is InChI=1S/C19H13F3N4O2/c20-19(21,22)13-6-14(16-9-23-11-28-16)17-24-8-15(26(17)10-13)18(27)25-7-12-4-2-1-3-5-12/h1-6,8-11H,7H2,(H,25,27). The minimum atomic E-state index is -4.61. The first-order chi connectivity index (χ1) is 13.4. The SMILES string of the molecule is O=C(NCc1ccccc1)c1cnc2c(-c3cnco3)cc(C(F)(F)F)cn12. The number of nitrogens with one attached hydrogen (secondary N) is 1. The van der Waals surface area contributed by atoms with E-state index >= 15 is 0 Å². The zero-order valence-corrected chi connectivity index (χ0v) is 14.3. The molecule has 9 heteroatoms. The molecule has 0 aliphatic rings. The van der Waals surface area contributed by atoms with Crippen molar-refractivity contribution in [1.82, 2.24) is 19.7 Å². The van der Waals surface area contributed by atoms with Gasteiger partial charge < -0.3 is 9.73 Å². The van der Waals surface area contributed by atoms with Gasteiger partial charge in [-0.2, -0.15) is 13.2 Å². The molecule has 0 saturated heterocycles. The number of halogens is 3. The summed E-state index contributed by atoms with van der Waals surface area (Å²) in [4.78, 5) is 20.4. The Bertz CT molecular complexity index is 1120. The summed E-state index contributed by atoms with van der Waals surface area (Å²) in [5, 5.41) is 2.69. The second-order valence-corrected chi connectivity index (χ2v) is 6.01. The first-order valence-corrected chi connectivity index (χ1v) is 8.23. The molecule has 1 aromatic carbocycles. The molecule has 6 nitrogen and oxygen atoms in total. The maximum atomic E-state index is 13.4. The molecule has 1 amide bonds. The largest absolute Gasteiger partial charge is 0.443 e. The van der Waals surface area contributed by atoms with E-state index in [1.54, 1.807) is 0 Å². The Kier molecular flexibility index (Phi) is 4.34. The van der Waals surface area contributed by atoms with E-state index in [0.29, 0.717) is 0 Å². The van der Waals surface area contributed by atoms with E-state index in [2.05, 4.69) is 15.3 Å². The molecular weight excluding hydrogens is 373 g/mol. The summed E-state index contributed by atoms with van der Waals surface area (Å²) in [7, 11) is 0. The number of hydrogen-bond acceptors (Lipinski definition) is 4. The van der Waals surface area contributed by atoms with Gasteiger partial charge >= 0.3 is 6.18 Å². The van der Waals surface area contributed by atoms with Crippen LogP contribution in [0.1, 0.15) is 21.6 Å². The Hall–Kier alpha value is -3.62. The summed E-state index contributed by atoms with van der Waals surface area (Å²) < 4.78 is 46.3. The van der Waals surface area contributed by atoms with Crippen LogP contribution in [-0.4, -0.2) is 20.3 Å². The van der Waals surface area contributed by atoms with Gasteiger partial charge in [0.2, 0.25) is 0 Å². The third kappa shape index (κ3) is 3.34. The second-order valence-electron chi connectivity index (χ2n) is 6.01. The van der Waals surface area contributed by atoms with Gasteiger partial charge in [0.1, 0.15) is 11.3 Å². The van der Waals surface area contributed by atoms with E-state index in [9.17, 15) is 18.0 Å². The highest BCUT2D eigenvalue weighted by Crippen LogP contribution is 2.34. The van der Waals surface area contributed by atoms with Crippen molar-refractivity contribution in [3.8, 4) is 11.3 Å². The van der Waals surface area contributed by atoms with Crippen LogP contribution in [0.25, 0.3) is 17.0 Å². The van der Waals surface area contributed by atoms with E-state index in [-0.39, 0.29) is 29.2 Å². The molecule has 0 saturated carbocycles. The summed E-state index contributed by atoms with van der Waals surface area (Å²) in [6, 6.07) is 10.1. The highest BCUT2D eigenvalue weighted by Gasteiger charge is 2.33. The van der Waals surface area contributed by atoms with Crippen molar-refractivity contribution in [2.45, 2.75) is 12.7 Å². The number of benzene rings is 1. The number of oxazole rings is 1. The molecule has 4 rings (SSSR count). The lowest BCUT2D eigenvalue weighted by molar-refractivity contribution is -0.137. The number of alkyl halides is 3. The topological polar surface area (TPSA) is 72.4 Å². The molecule has 0 spiro atoms. The lowest BCUT2D eigenvalue weighted by Crippen LogP contribution is -2.24.